The van der Waals surface area contributed by atoms with Gasteiger partial charge >= 0.3 is 0 Å². The van der Waals surface area contributed by atoms with Gasteiger partial charge in [-0.25, -0.2) is 4.98 Å². The van der Waals surface area contributed by atoms with Crippen LogP contribution in [0.5, 0.6) is 0 Å². The molecule has 2 heterocycles. The molecule has 14 heavy (non-hydrogen) atoms. The van der Waals surface area contributed by atoms with E-state index < -0.39 is 0 Å². The van der Waals surface area contributed by atoms with Crippen LogP contribution >= 0.6 is 0 Å². The second-order valence-electron chi connectivity index (χ2n) is 3.61. The van der Waals surface area contributed by atoms with Gasteiger partial charge in [0.25, 0.3) is 0 Å². The van der Waals surface area contributed by atoms with E-state index >= 15 is 0 Å². The lowest BCUT2D eigenvalue weighted by atomic mass is 9.99. The van der Waals surface area contributed by atoms with Crippen molar-refractivity contribution in [3.63, 3.8) is 0 Å². The second-order valence-corrected chi connectivity index (χ2v) is 3.61. The van der Waals surface area contributed by atoms with Crippen molar-refractivity contribution in [3.8, 4) is 6.07 Å². The van der Waals surface area contributed by atoms with Gasteiger partial charge < -0.3 is 4.42 Å². The van der Waals surface area contributed by atoms with E-state index in [1.807, 2.05) is 0 Å². The number of piperidine rings is 1. The Morgan fingerprint density at radius 2 is 2.36 bits per heavy atom. The molecule has 0 aliphatic carbocycles. The molecule has 0 aromatic carbocycles. The van der Waals surface area contributed by atoms with Crippen molar-refractivity contribution >= 4 is 0 Å². The summed E-state index contributed by atoms with van der Waals surface area (Å²) in [5.74, 6) is 1.01. The van der Waals surface area contributed by atoms with Crippen LogP contribution in [0.2, 0.25) is 0 Å². The zero-order valence-corrected chi connectivity index (χ0v) is 8.02. The van der Waals surface area contributed by atoms with Gasteiger partial charge in [0.05, 0.1) is 18.8 Å². The summed E-state index contributed by atoms with van der Waals surface area (Å²) in [7, 11) is 0. The van der Waals surface area contributed by atoms with Crippen LogP contribution in [0.1, 0.15) is 18.7 Å². The Hall–Kier alpha value is -1.34. The highest BCUT2D eigenvalue weighted by Gasteiger charge is 2.19. The molecular weight excluding hydrogens is 178 g/mol. The van der Waals surface area contributed by atoms with E-state index in [-0.39, 0.29) is 5.92 Å². The zero-order valence-electron chi connectivity index (χ0n) is 8.02. The van der Waals surface area contributed by atoms with Crippen molar-refractivity contribution < 1.29 is 4.42 Å². The fraction of sp³-hybridized carbons (Fsp3) is 0.600. The summed E-state index contributed by atoms with van der Waals surface area (Å²) < 4.78 is 5.17. The summed E-state index contributed by atoms with van der Waals surface area (Å²) in [5, 5.41) is 8.73. The zero-order chi connectivity index (χ0) is 9.80. The van der Waals surface area contributed by atoms with Crippen molar-refractivity contribution in [3.05, 3.63) is 18.4 Å². The van der Waals surface area contributed by atoms with E-state index in [2.05, 4.69) is 16.0 Å². The standard InChI is InChI=1S/C10H13N3O/c11-7-9-1-4-13(5-2-9)8-10-12-3-6-14-10/h3,6,9H,1-2,4-5,8H2. The molecule has 4 nitrogen and oxygen atoms in total. The largest absolute Gasteiger partial charge is 0.448 e. The summed E-state index contributed by atoms with van der Waals surface area (Å²) in [6, 6.07) is 2.32. The molecule has 0 unspecified atom stereocenters. The van der Waals surface area contributed by atoms with Crippen molar-refractivity contribution in [2.75, 3.05) is 13.1 Å². The molecule has 1 aliphatic heterocycles. The first kappa shape index (κ1) is 9.22. The minimum atomic E-state index is 0.246. The normalized spacial score (nSPS) is 19.4. The Morgan fingerprint density at radius 3 is 2.93 bits per heavy atom. The maximum atomic E-state index is 8.73. The topological polar surface area (TPSA) is 53.1 Å². The summed E-state index contributed by atoms with van der Waals surface area (Å²) in [6.45, 7) is 2.71. The van der Waals surface area contributed by atoms with Crippen molar-refractivity contribution in [2.45, 2.75) is 19.4 Å². The van der Waals surface area contributed by atoms with E-state index in [1.54, 1.807) is 12.5 Å². The number of hydrogen-bond acceptors (Lipinski definition) is 4. The monoisotopic (exact) mass is 191 g/mol. The molecule has 2 rings (SSSR count). The minimum absolute atomic E-state index is 0.246. The van der Waals surface area contributed by atoms with Gasteiger partial charge in [0.15, 0.2) is 0 Å². The van der Waals surface area contributed by atoms with E-state index in [0.717, 1.165) is 38.4 Å². The van der Waals surface area contributed by atoms with Crippen LogP contribution < -0.4 is 0 Å². The predicted molar refractivity (Wildman–Crippen MR) is 50.1 cm³/mol. The molecule has 1 saturated heterocycles. The summed E-state index contributed by atoms with van der Waals surface area (Å²) in [6.07, 6.45) is 5.20. The van der Waals surface area contributed by atoms with Gasteiger partial charge in [0.1, 0.15) is 6.26 Å². The molecule has 0 amide bonds. The Balaban J connectivity index is 1.82. The van der Waals surface area contributed by atoms with E-state index in [1.165, 1.54) is 0 Å². The average Bonchev–Trinajstić information content (AvgIpc) is 2.72. The third-order valence-electron chi connectivity index (χ3n) is 2.61. The van der Waals surface area contributed by atoms with Crippen molar-refractivity contribution in [2.24, 2.45) is 5.92 Å². The van der Waals surface area contributed by atoms with Gasteiger partial charge in [-0.3, -0.25) is 4.90 Å². The third-order valence-corrected chi connectivity index (χ3v) is 2.61. The first-order valence-electron chi connectivity index (χ1n) is 4.89. The fourth-order valence-corrected chi connectivity index (χ4v) is 1.74. The van der Waals surface area contributed by atoms with Gasteiger partial charge in [0, 0.05) is 5.92 Å². The lowest BCUT2D eigenvalue weighted by Crippen LogP contribution is -2.32. The number of likely N-dealkylation sites (tertiary alicyclic amines) is 1. The number of nitriles is 1. The van der Waals surface area contributed by atoms with E-state index in [4.69, 9.17) is 9.68 Å². The van der Waals surface area contributed by atoms with E-state index in [9.17, 15) is 0 Å². The van der Waals surface area contributed by atoms with Crippen LogP contribution in [0, 0.1) is 17.2 Å². The SMILES string of the molecule is N#CC1CCN(Cc2ncco2)CC1. The molecule has 0 spiro atoms. The van der Waals surface area contributed by atoms with Crippen LogP contribution in [0.15, 0.2) is 16.9 Å². The van der Waals surface area contributed by atoms with Gasteiger partial charge in [-0.05, 0) is 25.9 Å². The Kier molecular flexibility index (Phi) is 2.80. The van der Waals surface area contributed by atoms with Gasteiger partial charge in [-0.15, -0.1) is 0 Å². The van der Waals surface area contributed by atoms with Crippen LogP contribution in [-0.2, 0) is 6.54 Å². The number of nitrogens with zero attached hydrogens (tertiary/aromatic N) is 3. The Labute approximate surface area is 83.1 Å². The minimum Gasteiger partial charge on any atom is -0.448 e. The Bertz CT molecular complexity index is 307. The molecule has 0 bridgehead atoms. The van der Waals surface area contributed by atoms with Crippen LogP contribution in [0.4, 0.5) is 0 Å². The number of rotatable bonds is 2. The third kappa shape index (κ3) is 2.12. The number of oxazole rings is 1. The first-order chi connectivity index (χ1) is 6.88. The Morgan fingerprint density at radius 1 is 1.57 bits per heavy atom. The molecular formula is C10H13N3O. The van der Waals surface area contributed by atoms with Gasteiger partial charge in [-0.1, -0.05) is 0 Å². The maximum absolute atomic E-state index is 8.73. The molecule has 0 N–H and O–H groups in total. The lowest BCUT2D eigenvalue weighted by molar-refractivity contribution is 0.182. The number of hydrogen-bond donors (Lipinski definition) is 0. The van der Waals surface area contributed by atoms with Gasteiger partial charge in [0.2, 0.25) is 5.89 Å². The second kappa shape index (κ2) is 4.25. The summed E-state index contributed by atoms with van der Waals surface area (Å²) >= 11 is 0. The fourth-order valence-electron chi connectivity index (χ4n) is 1.74. The average molecular weight is 191 g/mol. The lowest BCUT2D eigenvalue weighted by Gasteiger charge is -2.27. The smallest absolute Gasteiger partial charge is 0.208 e. The highest BCUT2D eigenvalue weighted by molar-refractivity contribution is 4.89. The van der Waals surface area contributed by atoms with Crippen LogP contribution in [-0.4, -0.2) is 23.0 Å². The molecule has 1 aromatic rings. The molecule has 1 aliphatic rings. The van der Waals surface area contributed by atoms with E-state index in [0.29, 0.717) is 0 Å². The molecule has 0 atom stereocenters. The summed E-state index contributed by atoms with van der Waals surface area (Å²) in [4.78, 5) is 6.35. The van der Waals surface area contributed by atoms with Crippen LogP contribution in [0.3, 0.4) is 0 Å². The van der Waals surface area contributed by atoms with Crippen molar-refractivity contribution in [1.82, 2.24) is 9.88 Å². The molecule has 4 heteroatoms. The molecule has 0 radical (unpaired) electrons. The predicted octanol–water partition coefficient (Wildman–Crippen LogP) is 1.41. The maximum Gasteiger partial charge on any atom is 0.208 e. The van der Waals surface area contributed by atoms with Crippen LogP contribution in [0.25, 0.3) is 0 Å². The number of aromatic nitrogens is 1. The van der Waals surface area contributed by atoms with Gasteiger partial charge in [-0.2, -0.15) is 5.26 Å². The highest BCUT2D eigenvalue weighted by Crippen LogP contribution is 2.17. The molecule has 0 saturated carbocycles. The first-order valence-corrected chi connectivity index (χ1v) is 4.89. The molecule has 1 aromatic heterocycles. The quantitative estimate of drug-likeness (QED) is 0.709. The summed E-state index contributed by atoms with van der Waals surface area (Å²) in [5.41, 5.74) is 0. The molecule has 1 fully saturated rings. The molecule has 74 valence electrons. The van der Waals surface area contributed by atoms with Crippen molar-refractivity contribution in [1.29, 1.82) is 5.26 Å². The highest BCUT2D eigenvalue weighted by atomic mass is 16.3.